The number of hydrogen-bond donors (Lipinski definition) is 1. The molecule has 3 amide bonds. The minimum absolute atomic E-state index is 0.0680. The number of nitrogens with zero attached hydrogens (tertiary/aromatic N) is 2. The summed E-state index contributed by atoms with van der Waals surface area (Å²) in [5.41, 5.74) is 1.06. The van der Waals surface area contributed by atoms with Gasteiger partial charge < -0.3 is 15.1 Å². The minimum atomic E-state index is -0.339. The Labute approximate surface area is 119 Å². The van der Waals surface area contributed by atoms with Gasteiger partial charge in [0.05, 0.1) is 0 Å². The van der Waals surface area contributed by atoms with Crippen LogP contribution >= 0.6 is 0 Å². The van der Waals surface area contributed by atoms with Crippen LogP contribution < -0.4 is 5.32 Å². The third-order valence-electron chi connectivity index (χ3n) is 3.49. The van der Waals surface area contributed by atoms with Crippen molar-refractivity contribution in [3.8, 4) is 0 Å². The number of urea groups is 1. The van der Waals surface area contributed by atoms with Gasteiger partial charge in [0.25, 0.3) is 0 Å². The van der Waals surface area contributed by atoms with Crippen molar-refractivity contribution in [2.45, 2.75) is 25.4 Å². The Bertz CT molecular complexity index is 473. The van der Waals surface area contributed by atoms with Crippen LogP contribution in [0.15, 0.2) is 30.3 Å². The summed E-state index contributed by atoms with van der Waals surface area (Å²) in [6, 6.07) is 9.34. The number of rotatable bonds is 3. The number of carbonyl (C=O) groups excluding carboxylic acids is 2. The zero-order valence-electron chi connectivity index (χ0n) is 12.0. The summed E-state index contributed by atoms with van der Waals surface area (Å²) in [5.74, 6) is -0.0680. The fourth-order valence-electron chi connectivity index (χ4n) is 2.43. The maximum Gasteiger partial charge on any atom is 0.320 e. The normalized spacial score (nSPS) is 17.9. The van der Waals surface area contributed by atoms with Crippen LogP contribution in [0.25, 0.3) is 0 Å². The molecule has 1 aliphatic rings. The van der Waals surface area contributed by atoms with Gasteiger partial charge in [-0.15, -0.1) is 0 Å². The highest BCUT2D eigenvalue weighted by molar-refractivity contribution is 5.87. The number of benzene rings is 1. The molecule has 1 atom stereocenters. The molecule has 0 saturated carbocycles. The second kappa shape index (κ2) is 6.41. The lowest BCUT2D eigenvalue weighted by Crippen LogP contribution is -2.49. The van der Waals surface area contributed by atoms with E-state index in [2.05, 4.69) is 5.32 Å². The molecule has 0 spiro atoms. The predicted molar refractivity (Wildman–Crippen MR) is 77.1 cm³/mol. The van der Waals surface area contributed by atoms with Gasteiger partial charge in [0.15, 0.2) is 0 Å². The zero-order valence-corrected chi connectivity index (χ0v) is 12.0. The first kappa shape index (κ1) is 14.4. The summed E-state index contributed by atoms with van der Waals surface area (Å²) in [6.45, 7) is 1.15. The van der Waals surface area contributed by atoms with Crippen LogP contribution in [0.2, 0.25) is 0 Å². The van der Waals surface area contributed by atoms with Crippen LogP contribution in [0.4, 0.5) is 4.79 Å². The number of nitrogens with one attached hydrogen (secondary N) is 1. The summed E-state index contributed by atoms with van der Waals surface area (Å²) in [5, 5.41) is 2.91. The van der Waals surface area contributed by atoms with Crippen molar-refractivity contribution in [1.82, 2.24) is 15.1 Å². The van der Waals surface area contributed by atoms with Crippen LogP contribution in [0.1, 0.15) is 18.4 Å². The molecule has 0 radical (unpaired) electrons. The molecular weight excluding hydrogens is 254 g/mol. The van der Waals surface area contributed by atoms with Gasteiger partial charge in [0.1, 0.15) is 6.04 Å². The Morgan fingerprint density at radius 2 is 2.00 bits per heavy atom. The molecule has 1 saturated heterocycles. The number of hydrogen-bond acceptors (Lipinski definition) is 2. The Morgan fingerprint density at radius 1 is 1.30 bits per heavy atom. The Kier molecular flexibility index (Phi) is 4.61. The monoisotopic (exact) mass is 275 g/mol. The fraction of sp³-hybridized carbons (Fsp3) is 0.467. The molecule has 1 aromatic rings. The maximum absolute atomic E-state index is 12.2. The van der Waals surface area contributed by atoms with E-state index in [1.807, 2.05) is 30.3 Å². The van der Waals surface area contributed by atoms with Gasteiger partial charge in [-0.05, 0) is 18.4 Å². The first-order valence-corrected chi connectivity index (χ1v) is 6.89. The van der Waals surface area contributed by atoms with Crippen molar-refractivity contribution in [2.75, 3.05) is 20.6 Å². The summed E-state index contributed by atoms with van der Waals surface area (Å²) >= 11 is 0. The molecule has 0 unspecified atom stereocenters. The molecule has 0 bridgehead atoms. The zero-order chi connectivity index (χ0) is 14.5. The standard InChI is InChI=1S/C15H21N3O2/c1-17(2)15(20)18-10-6-9-13(18)14(19)16-11-12-7-4-3-5-8-12/h3-5,7-8,13H,6,9-11H2,1-2H3,(H,16,19)/t13-/m1/s1. The SMILES string of the molecule is CN(C)C(=O)N1CCC[C@@H]1C(=O)NCc1ccccc1. The lowest BCUT2D eigenvalue weighted by atomic mass is 10.2. The average Bonchev–Trinajstić information content (AvgIpc) is 2.94. The molecule has 108 valence electrons. The Morgan fingerprint density at radius 3 is 2.65 bits per heavy atom. The van der Waals surface area contributed by atoms with Gasteiger partial charge in [-0.2, -0.15) is 0 Å². The van der Waals surface area contributed by atoms with E-state index in [1.165, 1.54) is 4.90 Å². The van der Waals surface area contributed by atoms with E-state index in [4.69, 9.17) is 0 Å². The number of carbonyl (C=O) groups is 2. The van der Waals surface area contributed by atoms with Crippen molar-refractivity contribution >= 4 is 11.9 Å². The highest BCUT2D eigenvalue weighted by Gasteiger charge is 2.34. The van der Waals surface area contributed by atoms with Crippen molar-refractivity contribution in [1.29, 1.82) is 0 Å². The van der Waals surface area contributed by atoms with Crippen LogP contribution in [-0.2, 0) is 11.3 Å². The topological polar surface area (TPSA) is 52.7 Å². The van der Waals surface area contributed by atoms with E-state index in [1.54, 1.807) is 19.0 Å². The van der Waals surface area contributed by atoms with Gasteiger partial charge in [-0.1, -0.05) is 30.3 Å². The smallest absolute Gasteiger partial charge is 0.320 e. The minimum Gasteiger partial charge on any atom is -0.350 e. The summed E-state index contributed by atoms with van der Waals surface area (Å²) in [6.07, 6.45) is 1.61. The van der Waals surface area contributed by atoms with Gasteiger partial charge >= 0.3 is 6.03 Å². The van der Waals surface area contributed by atoms with Gasteiger partial charge in [-0.25, -0.2) is 4.79 Å². The van der Waals surface area contributed by atoms with Crippen LogP contribution in [-0.4, -0.2) is 48.4 Å². The molecule has 1 fully saturated rings. The highest BCUT2D eigenvalue weighted by Crippen LogP contribution is 2.18. The molecule has 5 nitrogen and oxygen atoms in total. The average molecular weight is 275 g/mol. The van der Waals surface area contributed by atoms with Crippen molar-refractivity contribution in [2.24, 2.45) is 0 Å². The van der Waals surface area contributed by atoms with Crippen molar-refractivity contribution in [3.63, 3.8) is 0 Å². The second-order valence-electron chi connectivity index (χ2n) is 5.23. The van der Waals surface area contributed by atoms with E-state index < -0.39 is 0 Å². The van der Waals surface area contributed by atoms with Crippen molar-refractivity contribution < 1.29 is 9.59 Å². The molecule has 0 aliphatic carbocycles. The van der Waals surface area contributed by atoms with Gasteiger partial charge in [0.2, 0.25) is 5.91 Å². The lowest BCUT2D eigenvalue weighted by molar-refractivity contribution is -0.125. The molecule has 1 heterocycles. The Hall–Kier alpha value is -2.04. The molecule has 0 aromatic heterocycles. The number of amides is 3. The highest BCUT2D eigenvalue weighted by atomic mass is 16.2. The van der Waals surface area contributed by atoms with E-state index >= 15 is 0 Å². The predicted octanol–water partition coefficient (Wildman–Crippen LogP) is 1.45. The molecular formula is C15H21N3O2. The molecule has 2 rings (SSSR count). The molecule has 1 aromatic carbocycles. The maximum atomic E-state index is 12.2. The summed E-state index contributed by atoms with van der Waals surface area (Å²) in [4.78, 5) is 27.4. The quantitative estimate of drug-likeness (QED) is 0.907. The first-order valence-electron chi connectivity index (χ1n) is 6.89. The summed E-state index contributed by atoms with van der Waals surface area (Å²) < 4.78 is 0. The van der Waals surface area contributed by atoms with Gasteiger partial charge in [-0.3, -0.25) is 4.79 Å². The number of likely N-dealkylation sites (tertiary alicyclic amines) is 1. The van der Waals surface area contributed by atoms with Crippen LogP contribution in [0.3, 0.4) is 0 Å². The second-order valence-corrected chi connectivity index (χ2v) is 5.23. The van der Waals surface area contributed by atoms with Crippen LogP contribution in [0, 0.1) is 0 Å². The largest absolute Gasteiger partial charge is 0.350 e. The van der Waals surface area contributed by atoms with Crippen LogP contribution in [0.5, 0.6) is 0 Å². The molecule has 5 heteroatoms. The molecule has 20 heavy (non-hydrogen) atoms. The Balaban J connectivity index is 1.93. The third kappa shape index (κ3) is 3.29. The third-order valence-corrected chi connectivity index (χ3v) is 3.49. The summed E-state index contributed by atoms with van der Waals surface area (Å²) in [7, 11) is 3.42. The fourth-order valence-corrected chi connectivity index (χ4v) is 2.43. The van der Waals surface area contributed by atoms with E-state index in [0.29, 0.717) is 13.1 Å². The first-order chi connectivity index (χ1) is 9.59. The van der Waals surface area contributed by atoms with E-state index in [9.17, 15) is 9.59 Å². The lowest BCUT2D eigenvalue weighted by Gasteiger charge is -2.26. The van der Waals surface area contributed by atoms with Gasteiger partial charge in [0, 0.05) is 27.2 Å². The van der Waals surface area contributed by atoms with Crippen molar-refractivity contribution in [3.05, 3.63) is 35.9 Å². The van der Waals surface area contributed by atoms with E-state index in [-0.39, 0.29) is 18.0 Å². The van der Waals surface area contributed by atoms with E-state index in [0.717, 1.165) is 18.4 Å². The molecule has 1 N–H and O–H groups in total. The molecule has 1 aliphatic heterocycles.